The molecule has 4 aromatic rings. The third kappa shape index (κ3) is 3.90. The van der Waals surface area contributed by atoms with Crippen LogP contribution >= 0.6 is 11.3 Å². The van der Waals surface area contributed by atoms with Gasteiger partial charge >= 0.3 is 0 Å². The van der Waals surface area contributed by atoms with E-state index in [0.717, 1.165) is 11.1 Å². The van der Waals surface area contributed by atoms with Crippen LogP contribution in [0.2, 0.25) is 0 Å². The normalized spacial score (nSPS) is 12.2. The van der Waals surface area contributed by atoms with Gasteiger partial charge in [-0.25, -0.2) is 0 Å². The molecule has 6 nitrogen and oxygen atoms in total. The zero-order valence-electron chi connectivity index (χ0n) is 16.2. The maximum Gasteiger partial charge on any atom is 0.291 e. The summed E-state index contributed by atoms with van der Waals surface area (Å²) >= 11 is 1.33. The van der Waals surface area contributed by atoms with Crippen molar-refractivity contribution in [2.45, 2.75) is 6.92 Å². The van der Waals surface area contributed by atoms with Crippen LogP contribution in [0.1, 0.15) is 22.5 Å². The fraction of sp³-hybridized carbons (Fsp3) is 0.136. The third-order valence-corrected chi connectivity index (χ3v) is 5.36. The minimum atomic E-state index is -0.163. The highest BCUT2D eigenvalue weighted by atomic mass is 32.1. The van der Waals surface area contributed by atoms with E-state index in [1.54, 1.807) is 20.3 Å². The number of thiazole rings is 1. The minimum Gasteiger partial charge on any atom is -0.493 e. The summed E-state index contributed by atoms with van der Waals surface area (Å²) in [7, 11) is 3.19. The Labute approximate surface area is 171 Å². The Morgan fingerprint density at radius 3 is 2.38 bits per heavy atom. The summed E-state index contributed by atoms with van der Waals surface area (Å²) in [6, 6.07) is 13.6. The number of hydrogen-bond donors (Lipinski definition) is 0. The highest BCUT2D eigenvalue weighted by Gasteiger charge is 2.09. The van der Waals surface area contributed by atoms with Gasteiger partial charge in [0.1, 0.15) is 0 Å². The van der Waals surface area contributed by atoms with Crippen LogP contribution in [0.4, 0.5) is 0 Å². The number of aryl methyl sites for hydroxylation is 1. The second-order valence-corrected chi connectivity index (χ2v) is 7.45. The number of rotatable bonds is 5. The molecule has 0 aliphatic heterocycles. The quantitative estimate of drug-likeness (QED) is 0.510. The zero-order valence-corrected chi connectivity index (χ0v) is 17.1. The highest BCUT2D eigenvalue weighted by Crippen LogP contribution is 2.28. The molecule has 0 radical (unpaired) electrons. The Morgan fingerprint density at radius 1 is 0.966 bits per heavy atom. The number of nitrogens with zero attached hydrogens (tertiary/aromatic N) is 3. The van der Waals surface area contributed by atoms with Crippen molar-refractivity contribution < 1.29 is 9.47 Å². The van der Waals surface area contributed by atoms with Crippen LogP contribution in [0.5, 0.6) is 11.5 Å². The topological polar surface area (TPSA) is 65.7 Å². The Bertz CT molecular complexity index is 1300. The number of fused-ring (bicyclic) bond motifs is 1. The molecule has 146 valence electrons. The van der Waals surface area contributed by atoms with Crippen molar-refractivity contribution in [3.05, 3.63) is 79.9 Å². The molecule has 2 heterocycles. The SMILES string of the molecule is COc1ccc(/C=C/c2nc3s/c(=C\c4ccc(C)cc4)c(=O)n3n2)cc1OC. The van der Waals surface area contributed by atoms with Crippen molar-refractivity contribution in [3.8, 4) is 11.5 Å². The van der Waals surface area contributed by atoms with Gasteiger partial charge < -0.3 is 9.47 Å². The fourth-order valence-corrected chi connectivity index (χ4v) is 3.78. The summed E-state index contributed by atoms with van der Waals surface area (Å²) in [6.45, 7) is 2.03. The minimum absolute atomic E-state index is 0.163. The van der Waals surface area contributed by atoms with E-state index in [2.05, 4.69) is 10.1 Å². The summed E-state index contributed by atoms with van der Waals surface area (Å²) in [5.74, 6) is 1.79. The van der Waals surface area contributed by atoms with Crippen LogP contribution < -0.4 is 19.6 Å². The van der Waals surface area contributed by atoms with Gasteiger partial charge in [0.2, 0.25) is 4.96 Å². The molecule has 0 unspecified atom stereocenters. The lowest BCUT2D eigenvalue weighted by Crippen LogP contribution is -2.23. The van der Waals surface area contributed by atoms with Crippen LogP contribution in [-0.2, 0) is 0 Å². The van der Waals surface area contributed by atoms with Gasteiger partial charge in [0, 0.05) is 0 Å². The molecule has 0 saturated carbocycles. The summed E-state index contributed by atoms with van der Waals surface area (Å²) in [5, 5.41) is 4.32. The number of methoxy groups -OCH3 is 2. The van der Waals surface area contributed by atoms with Gasteiger partial charge in [-0.15, -0.1) is 5.10 Å². The number of hydrogen-bond acceptors (Lipinski definition) is 6. The molecular formula is C22H19N3O3S. The van der Waals surface area contributed by atoms with Crippen LogP contribution in [0, 0.1) is 6.92 Å². The van der Waals surface area contributed by atoms with E-state index >= 15 is 0 Å². The predicted molar refractivity (Wildman–Crippen MR) is 116 cm³/mol. The van der Waals surface area contributed by atoms with Gasteiger partial charge in [0.15, 0.2) is 17.3 Å². The number of benzene rings is 2. The average Bonchev–Trinajstić information content (AvgIpc) is 3.26. The molecule has 0 saturated heterocycles. The van der Waals surface area contributed by atoms with E-state index in [4.69, 9.17) is 9.47 Å². The van der Waals surface area contributed by atoms with E-state index in [0.29, 0.717) is 26.8 Å². The lowest BCUT2D eigenvalue weighted by Gasteiger charge is -2.07. The Hall–Kier alpha value is -3.45. The maximum atomic E-state index is 12.6. The summed E-state index contributed by atoms with van der Waals surface area (Å²) in [6.07, 6.45) is 5.50. The van der Waals surface area contributed by atoms with Crippen molar-refractivity contribution in [1.82, 2.24) is 14.6 Å². The Morgan fingerprint density at radius 2 is 1.69 bits per heavy atom. The lowest BCUT2D eigenvalue weighted by atomic mass is 10.1. The van der Waals surface area contributed by atoms with Crippen LogP contribution in [0.25, 0.3) is 23.2 Å². The van der Waals surface area contributed by atoms with Crippen molar-refractivity contribution in [2.24, 2.45) is 0 Å². The van der Waals surface area contributed by atoms with Crippen LogP contribution in [0.15, 0.2) is 47.3 Å². The molecule has 0 fully saturated rings. The van der Waals surface area contributed by atoms with Crippen LogP contribution in [0.3, 0.4) is 0 Å². The van der Waals surface area contributed by atoms with Crippen molar-refractivity contribution in [3.63, 3.8) is 0 Å². The first kappa shape index (κ1) is 18.9. The van der Waals surface area contributed by atoms with Gasteiger partial charge in [-0.2, -0.15) is 9.50 Å². The van der Waals surface area contributed by atoms with Gasteiger partial charge in [0.25, 0.3) is 5.56 Å². The number of ether oxygens (including phenoxy) is 2. The van der Waals surface area contributed by atoms with Crippen molar-refractivity contribution in [1.29, 1.82) is 0 Å². The molecule has 0 amide bonds. The smallest absolute Gasteiger partial charge is 0.291 e. The second kappa shape index (κ2) is 7.89. The monoisotopic (exact) mass is 405 g/mol. The van der Waals surface area contributed by atoms with E-state index in [-0.39, 0.29) is 5.56 Å². The van der Waals surface area contributed by atoms with Gasteiger partial charge in [-0.05, 0) is 42.3 Å². The van der Waals surface area contributed by atoms with Gasteiger partial charge in [-0.3, -0.25) is 4.79 Å². The molecule has 0 aliphatic carbocycles. The van der Waals surface area contributed by atoms with Crippen molar-refractivity contribution >= 4 is 34.5 Å². The molecule has 0 N–H and O–H groups in total. The second-order valence-electron chi connectivity index (χ2n) is 6.44. The van der Waals surface area contributed by atoms with E-state index in [1.165, 1.54) is 21.4 Å². The third-order valence-electron chi connectivity index (χ3n) is 4.41. The Balaban J connectivity index is 1.63. The summed E-state index contributed by atoms with van der Waals surface area (Å²) in [5.41, 5.74) is 2.91. The molecule has 4 rings (SSSR count). The van der Waals surface area contributed by atoms with Gasteiger partial charge in [-0.1, -0.05) is 53.3 Å². The van der Waals surface area contributed by atoms with E-state index < -0.39 is 0 Å². The Kier molecular flexibility index (Phi) is 5.14. The molecule has 0 bridgehead atoms. The van der Waals surface area contributed by atoms with Crippen molar-refractivity contribution in [2.75, 3.05) is 14.2 Å². The molecular weight excluding hydrogens is 386 g/mol. The number of aromatic nitrogens is 3. The molecule has 2 aromatic heterocycles. The lowest BCUT2D eigenvalue weighted by molar-refractivity contribution is 0.355. The van der Waals surface area contributed by atoms with E-state index in [1.807, 2.05) is 61.5 Å². The van der Waals surface area contributed by atoms with E-state index in [9.17, 15) is 4.79 Å². The first-order valence-corrected chi connectivity index (χ1v) is 9.77. The first-order chi connectivity index (χ1) is 14.1. The van der Waals surface area contributed by atoms with Gasteiger partial charge in [0.05, 0.1) is 18.8 Å². The first-order valence-electron chi connectivity index (χ1n) is 8.95. The standard InChI is InChI=1S/C22H19N3O3S/c1-14-4-6-16(7-5-14)13-19-21(26)25-22(29-19)23-20(24-25)11-9-15-8-10-17(27-2)18(12-15)28-3/h4-13H,1-3H3/b11-9+,19-13-. The molecule has 0 aliphatic rings. The fourth-order valence-electron chi connectivity index (χ4n) is 2.86. The molecule has 2 aromatic carbocycles. The van der Waals surface area contributed by atoms with Crippen LogP contribution in [-0.4, -0.2) is 28.8 Å². The average molecular weight is 405 g/mol. The maximum absolute atomic E-state index is 12.6. The zero-order chi connectivity index (χ0) is 20.4. The molecule has 7 heteroatoms. The summed E-state index contributed by atoms with van der Waals surface area (Å²) < 4.78 is 12.5. The highest BCUT2D eigenvalue weighted by molar-refractivity contribution is 7.15. The predicted octanol–water partition coefficient (Wildman–Crippen LogP) is 3.19. The molecule has 0 atom stereocenters. The largest absolute Gasteiger partial charge is 0.493 e. The summed E-state index contributed by atoms with van der Waals surface area (Å²) in [4.78, 5) is 17.6. The molecule has 0 spiro atoms. The molecule has 29 heavy (non-hydrogen) atoms.